The number of carbonyl (C=O) groups is 2. The molecule has 0 radical (unpaired) electrons. The minimum Gasteiger partial charge on any atom is -0.469 e. The molecule has 0 aromatic carbocycles. The fourth-order valence-electron chi connectivity index (χ4n) is 2.52. The van der Waals surface area contributed by atoms with Crippen LogP contribution in [0.25, 0.3) is 0 Å². The van der Waals surface area contributed by atoms with Gasteiger partial charge < -0.3 is 4.74 Å². The van der Waals surface area contributed by atoms with Crippen LogP contribution in [0.5, 0.6) is 0 Å². The number of esters is 1. The maximum absolute atomic E-state index is 13.5. The molecule has 1 aliphatic carbocycles. The van der Waals surface area contributed by atoms with Gasteiger partial charge in [0.15, 0.2) is 11.6 Å². The smallest absolute Gasteiger partial charge is 0.308 e. The predicted molar refractivity (Wildman–Crippen MR) is 66.0 cm³/mol. The molecule has 0 N–H and O–H groups in total. The summed E-state index contributed by atoms with van der Waals surface area (Å²) in [5.41, 5.74) is -0.0935. The molecule has 2 rings (SSSR count). The molecule has 102 valence electrons. The molecule has 0 aliphatic heterocycles. The average Bonchev–Trinajstić information content (AvgIpc) is 2.46. The first-order valence-electron chi connectivity index (χ1n) is 6.36. The summed E-state index contributed by atoms with van der Waals surface area (Å²) in [5.74, 6) is -1.45. The molecule has 0 spiro atoms. The number of halogens is 1. The highest BCUT2D eigenvalue weighted by molar-refractivity contribution is 5.96. The van der Waals surface area contributed by atoms with E-state index in [9.17, 15) is 14.0 Å². The van der Waals surface area contributed by atoms with E-state index >= 15 is 0 Å². The summed E-state index contributed by atoms with van der Waals surface area (Å²) in [6.07, 6.45) is 3.79. The molecule has 1 fully saturated rings. The molecule has 4 nitrogen and oxygen atoms in total. The number of Topliss-reactive ketones (excluding diaryl/α,β-unsaturated/α-hetero) is 1. The van der Waals surface area contributed by atoms with Crippen molar-refractivity contribution in [3.05, 3.63) is 29.8 Å². The van der Waals surface area contributed by atoms with Gasteiger partial charge in [0.1, 0.15) is 5.69 Å². The minimum atomic E-state index is -0.581. The molecule has 0 bridgehead atoms. The van der Waals surface area contributed by atoms with Crippen LogP contribution in [0.4, 0.5) is 4.39 Å². The van der Waals surface area contributed by atoms with Gasteiger partial charge in [0.2, 0.25) is 0 Å². The second-order valence-electron chi connectivity index (χ2n) is 4.77. The van der Waals surface area contributed by atoms with Crippen molar-refractivity contribution in [2.24, 2.45) is 11.8 Å². The maximum atomic E-state index is 13.5. The fraction of sp³-hybridized carbons (Fsp3) is 0.500. The van der Waals surface area contributed by atoms with Crippen LogP contribution in [0, 0.1) is 17.7 Å². The summed E-state index contributed by atoms with van der Waals surface area (Å²) >= 11 is 0. The molecular weight excluding hydrogens is 249 g/mol. The molecule has 0 amide bonds. The molecule has 1 heterocycles. The van der Waals surface area contributed by atoms with E-state index in [0.717, 1.165) is 0 Å². The molecule has 0 saturated heterocycles. The Kier molecular flexibility index (Phi) is 4.24. The lowest BCUT2D eigenvalue weighted by atomic mass is 9.79. The first kappa shape index (κ1) is 13.6. The van der Waals surface area contributed by atoms with Crippen molar-refractivity contribution in [2.75, 3.05) is 7.11 Å². The van der Waals surface area contributed by atoms with Crippen molar-refractivity contribution < 1.29 is 18.7 Å². The third-order valence-electron chi connectivity index (χ3n) is 3.62. The zero-order valence-electron chi connectivity index (χ0n) is 10.8. The standard InChI is InChI=1S/C14H16FNO3/c1-19-14(18)10-6-4-9(5-7-10)13(17)12-11(15)3-2-8-16-12/h2-3,8-10H,4-7H2,1H3. The Balaban J connectivity index is 2.00. The second kappa shape index (κ2) is 5.91. The van der Waals surface area contributed by atoms with Crippen LogP contribution >= 0.6 is 0 Å². The summed E-state index contributed by atoms with van der Waals surface area (Å²) in [7, 11) is 1.36. The Bertz CT molecular complexity index is 481. The molecule has 1 saturated carbocycles. The highest BCUT2D eigenvalue weighted by Gasteiger charge is 2.32. The van der Waals surface area contributed by atoms with E-state index < -0.39 is 5.82 Å². The van der Waals surface area contributed by atoms with Crippen molar-refractivity contribution in [1.82, 2.24) is 4.98 Å². The van der Waals surface area contributed by atoms with Crippen LogP contribution in [-0.2, 0) is 9.53 Å². The summed E-state index contributed by atoms with van der Waals surface area (Å²) < 4.78 is 18.2. The zero-order chi connectivity index (χ0) is 13.8. The Morgan fingerprint density at radius 1 is 1.26 bits per heavy atom. The summed E-state index contributed by atoms with van der Waals surface area (Å²) in [4.78, 5) is 27.3. The third kappa shape index (κ3) is 2.97. The van der Waals surface area contributed by atoms with E-state index in [1.165, 1.54) is 25.4 Å². The Morgan fingerprint density at radius 3 is 2.47 bits per heavy atom. The van der Waals surface area contributed by atoms with Crippen LogP contribution in [-0.4, -0.2) is 23.8 Å². The molecule has 1 aromatic heterocycles. The van der Waals surface area contributed by atoms with Crippen LogP contribution in [0.2, 0.25) is 0 Å². The van der Waals surface area contributed by atoms with Gasteiger partial charge in [-0.25, -0.2) is 4.39 Å². The van der Waals surface area contributed by atoms with Crippen molar-refractivity contribution in [1.29, 1.82) is 0 Å². The summed E-state index contributed by atoms with van der Waals surface area (Å²) in [6.45, 7) is 0. The number of pyridine rings is 1. The monoisotopic (exact) mass is 265 g/mol. The van der Waals surface area contributed by atoms with E-state index in [1.807, 2.05) is 0 Å². The van der Waals surface area contributed by atoms with E-state index in [1.54, 1.807) is 0 Å². The largest absolute Gasteiger partial charge is 0.469 e. The van der Waals surface area contributed by atoms with Gasteiger partial charge in [0.25, 0.3) is 0 Å². The van der Waals surface area contributed by atoms with Gasteiger partial charge in [0, 0.05) is 12.1 Å². The number of hydrogen-bond acceptors (Lipinski definition) is 4. The SMILES string of the molecule is COC(=O)C1CCC(C(=O)c2ncccc2F)CC1. The average molecular weight is 265 g/mol. The quantitative estimate of drug-likeness (QED) is 0.622. The van der Waals surface area contributed by atoms with Crippen molar-refractivity contribution in [3.63, 3.8) is 0 Å². The van der Waals surface area contributed by atoms with Gasteiger partial charge in [-0.05, 0) is 37.8 Å². The Morgan fingerprint density at radius 2 is 1.89 bits per heavy atom. The topological polar surface area (TPSA) is 56.3 Å². The lowest BCUT2D eigenvalue weighted by Gasteiger charge is -2.25. The number of aromatic nitrogens is 1. The number of hydrogen-bond donors (Lipinski definition) is 0. The minimum absolute atomic E-state index is 0.0935. The number of ether oxygens (including phenoxy) is 1. The lowest BCUT2D eigenvalue weighted by molar-refractivity contribution is -0.146. The van der Waals surface area contributed by atoms with E-state index in [0.29, 0.717) is 25.7 Å². The number of methoxy groups -OCH3 is 1. The molecule has 0 unspecified atom stereocenters. The van der Waals surface area contributed by atoms with Gasteiger partial charge in [-0.1, -0.05) is 0 Å². The fourth-order valence-corrected chi connectivity index (χ4v) is 2.52. The zero-order valence-corrected chi connectivity index (χ0v) is 10.8. The van der Waals surface area contributed by atoms with Gasteiger partial charge in [-0.2, -0.15) is 0 Å². The normalized spacial score (nSPS) is 22.8. The van der Waals surface area contributed by atoms with Crippen molar-refractivity contribution >= 4 is 11.8 Å². The molecular formula is C14H16FNO3. The Labute approximate surface area is 111 Å². The van der Waals surface area contributed by atoms with Crippen LogP contribution < -0.4 is 0 Å². The third-order valence-corrected chi connectivity index (χ3v) is 3.62. The first-order chi connectivity index (χ1) is 9.13. The van der Waals surface area contributed by atoms with Gasteiger partial charge in [0.05, 0.1) is 13.0 Å². The molecule has 0 atom stereocenters. The summed E-state index contributed by atoms with van der Waals surface area (Å²) in [6, 6.07) is 2.70. The second-order valence-corrected chi connectivity index (χ2v) is 4.77. The number of carbonyl (C=O) groups excluding carboxylic acids is 2. The number of nitrogens with zero attached hydrogens (tertiary/aromatic N) is 1. The highest BCUT2D eigenvalue weighted by atomic mass is 19.1. The van der Waals surface area contributed by atoms with Crippen molar-refractivity contribution in [3.8, 4) is 0 Å². The van der Waals surface area contributed by atoms with Crippen LogP contribution in [0.15, 0.2) is 18.3 Å². The van der Waals surface area contributed by atoms with Gasteiger partial charge in [-0.15, -0.1) is 0 Å². The molecule has 19 heavy (non-hydrogen) atoms. The lowest BCUT2D eigenvalue weighted by Crippen LogP contribution is -2.27. The number of ketones is 1. The van der Waals surface area contributed by atoms with Gasteiger partial charge >= 0.3 is 5.97 Å². The Hall–Kier alpha value is -1.78. The van der Waals surface area contributed by atoms with Crippen LogP contribution in [0.3, 0.4) is 0 Å². The number of rotatable bonds is 3. The predicted octanol–water partition coefficient (Wildman–Crippen LogP) is 2.38. The maximum Gasteiger partial charge on any atom is 0.308 e. The molecule has 1 aliphatic rings. The van der Waals surface area contributed by atoms with E-state index in [-0.39, 0.29) is 29.3 Å². The molecule has 5 heteroatoms. The highest BCUT2D eigenvalue weighted by Crippen LogP contribution is 2.31. The van der Waals surface area contributed by atoms with E-state index in [2.05, 4.69) is 4.98 Å². The molecule has 1 aromatic rings. The van der Waals surface area contributed by atoms with Crippen LogP contribution in [0.1, 0.15) is 36.2 Å². The van der Waals surface area contributed by atoms with Crippen molar-refractivity contribution in [2.45, 2.75) is 25.7 Å². The van der Waals surface area contributed by atoms with E-state index in [4.69, 9.17) is 4.74 Å². The summed E-state index contributed by atoms with van der Waals surface area (Å²) in [5, 5.41) is 0. The first-order valence-corrected chi connectivity index (χ1v) is 6.36. The van der Waals surface area contributed by atoms with Gasteiger partial charge in [-0.3, -0.25) is 14.6 Å².